The third-order valence-electron chi connectivity index (χ3n) is 3.58. The molecule has 1 aromatic carbocycles. The number of ether oxygens (including phenoxy) is 1. The topological polar surface area (TPSA) is 75.9 Å². The molecule has 0 aromatic heterocycles. The van der Waals surface area contributed by atoms with Crippen LogP contribution < -0.4 is 10.6 Å². The van der Waals surface area contributed by atoms with Crippen molar-refractivity contribution in [1.82, 2.24) is 4.90 Å². The molecule has 6 nitrogen and oxygen atoms in total. The van der Waals surface area contributed by atoms with Gasteiger partial charge >= 0.3 is 5.97 Å². The van der Waals surface area contributed by atoms with Gasteiger partial charge in [-0.2, -0.15) is 0 Å². The number of amides is 1. The van der Waals surface area contributed by atoms with Crippen molar-refractivity contribution < 1.29 is 14.3 Å². The van der Waals surface area contributed by atoms with Crippen LogP contribution in [0.2, 0.25) is 0 Å². The van der Waals surface area contributed by atoms with Crippen molar-refractivity contribution in [3.05, 3.63) is 23.8 Å². The predicted molar refractivity (Wildman–Crippen MR) is 81.3 cm³/mol. The molecule has 0 aliphatic carbocycles. The van der Waals surface area contributed by atoms with Crippen LogP contribution in [0.3, 0.4) is 0 Å². The van der Waals surface area contributed by atoms with Gasteiger partial charge in [-0.05, 0) is 25.1 Å². The van der Waals surface area contributed by atoms with Crippen LogP contribution in [-0.4, -0.2) is 49.6 Å². The van der Waals surface area contributed by atoms with E-state index in [1.54, 1.807) is 30.9 Å². The highest BCUT2D eigenvalue weighted by atomic mass is 16.5. The summed E-state index contributed by atoms with van der Waals surface area (Å²) in [5.41, 5.74) is 7.60. The van der Waals surface area contributed by atoms with E-state index in [-0.39, 0.29) is 11.9 Å². The Balaban J connectivity index is 2.20. The molecule has 0 unspecified atom stereocenters. The van der Waals surface area contributed by atoms with Crippen LogP contribution in [0.15, 0.2) is 18.2 Å². The molecule has 21 heavy (non-hydrogen) atoms. The average molecular weight is 291 g/mol. The van der Waals surface area contributed by atoms with E-state index in [1.807, 2.05) is 6.07 Å². The molecular weight excluding hydrogens is 270 g/mol. The zero-order valence-corrected chi connectivity index (χ0v) is 12.5. The highest BCUT2D eigenvalue weighted by Gasteiger charge is 2.23. The minimum atomic E-state index is -0.367. The maximum atomic E-state index is 12.1. The molecule has 0 bridgehead atoms. The second kappa shape index (κ2) is 6.47. The van der Waals surface area contributed by atoms with E-state index in [9.17, 15) is 9.59 Å². The summed E-state index contributed by atoms with van der Waals surface area (Å²) in [5, 5.41) is 0. The summed E-state index contributed by atoms with van der Waals surface area (Å²) >= 11 is 0. The molecular formula is C15H21N3O3. The van der Waals surface area contributed by atoms with Crippen LogP contribution in [0.25, 0.3) is 0 Å². The number of carbonyl (C=O) groups is 2. The number of rotatable bonds is 3. The average Bonchev–Trinajstić information content (AvgIpc) is 2.47. The molecule has 6 heteroatoms. The zero-order chi connectivity index (χ0) is 15.4. The molecule has 1 fully saturated rings. The molecule has 1 aliphatic rings. The number of nitrogens with two attached hydrogens (primary N) is 1. The van der Waals surface area contributed by atoms with E-state index in [2.05, 4.69) is 4.90 Å². The summed E-state index contributed by atoms with van der Waals surface area (Å²) in [4.78, 5) is 27.3. The van der Waals surface area contributed by atoms with Gasteiger partial charge < -0.3 is 20.3 Å². The second-order valence-electron chi connectivity index (χ2n) is 4.99. The number of nitrogens with zero attached hydrogens (tertiary/aromatic N) is 2. The number of anilines is 2. The van der Waals surface area contributed by atoms with Crippen LogP contribution >= 0.6 is 0 Å². The Labute approximate surface area is 124 Å². The van der Waals surface area contributed by atoms with E-state index >= 15 is 0 Å². The normalized spacial score (nSPS) is 15.0. The van der Waals surface area contributed by atoms with Crippen molar-refractivity contribution in [2.24, 2.45) is 0 Å². The maximum absolute atomic E-state index is 12.1. The summed E-state index contributed by atoms with van der Waals surface area (Å²) < 4.78 is 5.09. The number of carbonyl (C=O) groups excluding carboxylic acids is 2. The molecule has 114 valence electrons. The number of nitrogen functional groups attached to an aromatic ring is 1. The first-order chi connectivity index (χ1) is 10.0. The minimum Gasteiger partial charge on any atom is -0.462 e. The second-order valence-corrected chi connectivity index (χ2v) is 4.99. The van der Waals surface area contributed by atoms with E-state index in [0.29, 0.717) is 44.0 Å². The lowest BCUT2D eigenvalue weighted by Crippen LogP contribution is -2.48. The maximum Gasteiger partial charge on any atom is 0.340 e. The third kappa shape index (κ3) is 3.45. The monoisotopic (exact) mass is 291 g/mol. The highest BCUT2D eigenvalue weighted by molar-refractivity contribution is 5.97. The zero-order valence-electron chi connectivity index (χ0n) is 12.5. The Morgan fingerprint density at radius 3 is 2.48 bits per heavy atom. The Morgan fingerprint density at radius 1 is 1.24 bits per heavy atom. The van der Waals surface area contributed by atoms with Gasteiger partial charge in [0.25, 0.3) is 0 Å². The predicted octanol–water partition coefficient (Wildman–Crippen LogP) is 1.11. The Hall–Kier alpha value is -2.24. The minimum absolute atomic E-state index is 0.0811. The first-order valence-corrected chi connectivity index (χ1v) is 7.10. The van der Waals surface area contributed by atoms with Crippen molar-refractivity contribution in [2.45, 2.75) is 13.8 Å². The standard InChI is InChI=1S/C15H21N3O3/c1-3-21-15(20)13-10-12(16)4-5-14(13)18-8-6-17(7-9-18)11(2)19/h4-5,10H,3,6-9,16H2,1-2H3. The molecule has 1 saturated heterocycles. The molecule has 1 aromatic rings. The largest absolute Gasteiger partial charge is 0.462 e. The van der Waals surface area contributed by atoms with E-state index in [0.717, 1.165) is 5.69 Å². The van der Waals surface area contributed by atoms with Crippen molar-refractivity contribution >= 4 is 23.3 Å². The molecule has 0 atom stereocenters. The quantitative estimate of drug-likeness (QED) is 0.667. The van der Waals surface area contributed by atoms with Crippen molar-refractivity contribution in [3.63, 3.8) is 0 Å². The van der Waals surface area contributed by atoms with Gasteiger partial charge in [0.2, 0.25) is 5.91 Å². The van der Waals surface area contributed by atoms with Gasteiger partial charge in [-0.3, -0.25) is 4.79 Å². The molecule has 0 radical (unpaired) electrons. The van der Waals surface area contributed by atoms with Gasteiger partial charge in [0.05, 0.1) is 17.9 Å². The van der Waals surface area contributed by atoms with Crippen LogP contribution in [0.5, 0.6) is 0 Å². The number of benzene rings is 1. The van der Waals surface area contributed by atoms with Crippen LogP contribution in [0.1, 0.15) is 24.2 Å². The summed E-state index contributed by atoms with van der Waals surface area (Å²) in [6.45, 7) is 6.36. The lowest BCUT2D eigenvalue weighted by atomic mass is 10.1. The number of piperazine rings is 1. The first kappa shape index (κ1) is 15.2. The summed E-state index contributed by atoms with van der Waals surface area (Å²) in [5.74, 6) is -0.286. The lowest BCUT2D eigenvalue weighted by molar-refractivity contribution is -0.129. The summed E-state index contributed by atoms with van der Waals surface area (Å²) in [6.07, 6.45) is 0. The van der Waals surface area contributed by atoms with E-state index in [4.69, 9.17) is 10.5 Å². The van der Waals surface area contributed by atoms with E-state index in [1.165, 1.54) is 0 Å². The van der Waals surface area contributed by atoms with Gasteiger partial charge in [0.1, 0.15) is 0 Å². The fourth-order valence-corrected chi connectivity index (χ4v) is 2.46. The summed E-state index contributed by atoms with van der Waals surface area (Å²) in [6, 6.07) is 5.26. The Morgan fingerprint density at radius 2 is 1.90 bits per heavy atom. The van der Waals surface area contributed by atoms with Crippen molar-refractivity contribution in [1.29, 1.82) is 0 Å². The molecule has 2 rings (SSSR count). The van der Waals surface area contributed by atoms with E-state index < -0.39 is 0 Å². The van der Waals surface area contributed by atoms with Gasteiger partial charge in [-0.15, -0.1) is 0 Å². The smallest absolute Gasteiger partial charge is 0.340 e. The fraction of sp³-hybridized carbons (Fsp3) is 0.467. The SMILES string of the molecule is CCOC(=O)c1cc(N)ccc1N1CCN(C(C)=O)CC1. The lowest BCUT2D eigenvalue weighted by Gasteiger charge is -2.36. The molecule has 1 amide bonds. The molecule has 0 saturated carbocycles. The van der Waals surface area contributed by atoms with Gasteiger partial charge in [-0.1, -0.05) is 0 Å². The van der Waals surface area contributed by atoms with Crippen molar-refractivity contribution in [3.8, 4) is 0 Å². The van der Waals surface area contributed by atoms with Crippen LogP contribution in [-0.2, 0) is 9.53 Å². The number of hydrogen-bond donors (Lipinski definition) is 1. The fourth-order valence-electron chi connectivity index (χ4n) is 2.46. The first-order valence-electron chi connectivity index (χ1n) is 7.10. The van der Waals surface area contributed by atoms with Gasteiger partial charge in [-0.25, -0.2) is 4.79 Å². The highest BCUT2D eigenvalue weighted by Crippen LogP contribution is 2.25. The van der Waals surface area contributed by atoms with Crippen LogP contribution in [0, 0.1) is 0 Å². The number of esters is 1. The van der Waals surface area contributed by atoms with Gasteiger partial charge in [0, 0.05) is 38.8 Å². The molecule has 1 heterocycles. The van der Waals surface area contributed by atoms with Crippen molar-refractivity contribution in [2.75, 3.05) is 43.4 Å². The molecule has 0 spiro atoms. The van der Waals surface area contributed by atoms with Crippen LogP contribution in [0.4, 0.5) is 11.4 Å². The molecule has 2 N–H and O–H groups in total. The van der Waals surface area contributed by atoms with Gasteiger partial charge in [0.15, 0.2) is 0 Å². The summed E-state index contributed by atoms with van der Waals surface area (Å²) in [7, 11) is 0. The number of hydrogen-bond acceptors (Lipinski definition) is 5. The Bertz CT molecular complexity index is 537. The molecule has 1 aliphatic heterocycles. The Kier molecular flexibility index (Phi) is 4.67. The third-order valence-corrected chi connectivity index (χ3v) is 3.58.